The number of fused-ring (bicyclic) bond motifs is 2. The number of amides is 1. The van der Waals surface area contributed by atoms with Gasteiger partial charge in [-0.05, 0) is 87.4 Å². The molecular formula is C45H46N4O4. The summed E-state index contributed by atoms with van der Waals surface area (Å²) in [5.74, 6) is 1.88. The Morgan fingerprint density at radius 2 is 1.62 bits per heavy atom. The first-order chi connectivity index (χ1) is 25.7. The van der Waals surface area contributed by atoms with Crippen LogP contribution in [0.4, 0.5) is 0 Å². The zero-order chi connectivity index (χ0) is 37.1. The number of nitrogens with zero attached hydrogens (tertiary/aromatic N) is 3. The first kappa shape index (κ1) is 35.5. The minimum atomic E-state index is -0.105. The molecule has 1 amide bonds. The SMILES string of the molecule is COc1cc(/C=C2/CC(C(C)(C)C)Cc3c2nc2ccccc2c3C(=O)NCc2ccccc2-c2ccc(Cn3ccnc3)cc2)cc(OC)c1OC. The highest BCUT2D eigenvalue weighted by Crippen LogP contribution is 2.46. The van der Waals surface area contributed by atoms with Crippen LogP contribution in [0, 0.1) is 11.3 Å². The molecule has 2 heterocycles. The highest BCUT2D eigenvalue weighted by atomic mass is 16.5. The van der Waals surface area contributed by atoms with E-state index in [0.717, 1.165) is 69.4 Å². The predicted octanol–water partition coefficient (Wildman–Crippen LogP) is 9.25. The van der Waals surface area contributed by atoms with E-state index in [4.69, 9.17) is 19.2 Å². The van der Waals surface area contributed by atoms with Gasteiger partial charge in [0.05, 0.1) is 44.4 Å². The average molecular weight is 707 g/mol. The van der Waals surface area contributed by atoms with Crippen molar-refractivity contribution in [2.24, 2.45) is 11.3 Å². The number of rotatable bonds is 10. The third-order valence-electron chi connectivity index (χ3n) is 10.3. The number of hydrogen-bond donors (Lipinski definition) is 1. The number of hydrogen-bond acceptors (Lipinski definition) is 6. The summed E-state index contributed by atoms with van der Waals surface area (Å²) < 4.78 is 19.0. The number of imidazole rings is 1. The second kappa shape index (κ2) is 15.0. The lowest BCUT2D eigenvalue weighted by atomic mass is 9.69. The van der Waals surface area contributed by atoms with Crippen molar-refractivity contribution in [3.8, 4) is 28.4 Å². The Morgan fingerprint density at radius 1 is 0.906 bits per heavy atom. The highest BCUT2D eigenvalue weighted by Gasteiger charge is 2.35. The Labute approximate surface area is 311 Å². The first-order valence-corrected chi connectivity index (χ1v) is 18.0. The molecule has 0 aliphatic heterocycles. The molecule has 8 heteroatoms. The fourth-order valence-corrected chi connectivity index (χ4v) is 7.38. The van der Waals surface area contributed by atoms with Crippen LogP contribution in [0.25, 0.3) is 33.7 Å². The fourth-order valence-electron chi connectivity index (χ4n) is 7.38. The van der Waals surface area contributed by atoms with Crippen molar-refractivity contribution in [3.63, 3.8) is 0 Å². The molecule has 53 heavy (non-hydrogen) atoms. The van der Waals surface area contributed by atoms with Gasteiger partial charge in [0, 0.05) is 30.9 Å². The predicted molar refractivity (Wildman–Crippen MR) is 211 cm³/mol. The van der Waals surface area contributed by atoms with Gasteiger partial charge in [-0.3, -0.25) is 4.79 Å². The highest BCUT2D eigenvalue weighted by molar-refractivity contribution is 6.09. The van der Waals surface area contributed by atoms with Crippen molar-refractivity contribution in [1.82, 2.24) is 19.9 Å². The summed E-state index contributed by atoms with van der Waals surface area (Å²) in [6.45, 7) is 7.96. The lowest BCUT2D eigenvalue weighted by Crippen LogP contribution is -2.31. The molecule has 1 aliphatic carbocycles. The summed E-state index contributed by atoms with van der Waals surface area (Å²) in [5.41, 5.74) is 9.71. The standard InChI is InChI=1S/C45H46N4O4/c1-45(2,3)34-24-33(21-30-22-39(51-4)43(53-6)40(23-30)52-5)42-37(25-34)41(36-13-9-10-14-38(36)48-42)44(50)47-26-32-11-7-8-12-35(32)31-17-15-29(16-18-31)27-49-20-19-46-28-49/h7-23,28,34H,24-27H2,1-6H3,(H,47,50)/b33-21-. The fraction of sp³-hybridized carbons (Fsp3) is 0.267. The minimum Gasteiger partial charge on any atom is -0.493 e. The average Bonchev–Trinajstić information content (AvgIpc) is 3.68. The lowest BCUT2D eigenvalue weighted by molar-refractivity contribution is 0.0950. The van der Waals surface area contributed by atoms with Gasteiger partial charge >= 0.3 is 0 Å². The number of aromatic nitrogens is 3. The number of carbonyl (C=O) groups excluding carboxylic acids is 1. The van der Waals surface area contributed by atoms with Crippen molar-refractivity contribution < 1.29 is 19.0 Å². The van der Waals surface area contributed by atoms with Crippen LogP contribution >= 0.6 is 0 Å². The molecular weight excluding hydrogens is 661 g/mol. The van der Waals surface area contributed by atoms with E-state index < -0.39 is 0 Å². The third-order valence-corrected chi connectivity index (χ3v) is 10.3. The van der Waals surface area contributed by atoms with E-state index in [1.54, 1.807) is 27.5 Å². The molecule has 1 atom stereocenters. The van der Waals surface area contributed by atoms with Crippen LogP contribution in [0.3, 0.4) is 0 Å². The zero-order valence-electron chi connectivity index (χ0n) is 31.3. The molecule has 1 unspecified atom stereocenters. The molecule has 2 aromatic heterocycles. The van der Waals surface area contributed by atoms with Gasteiger partial charge in [0.2, 0.25) is 5.75 Å². The van der Waals surface area contributed by atoms with Crippen LogP contribution in [0.15, 0.2) is 104 Å². The number of benzene rings is 4. The van der Waals surface area contributed by atoms with Crippen molar-refractivity contribution in [1.29, 1.82) is 0 Å². The van der Waals surface area contributed by atoms with Crippen LogP contribution < -0.4 is 19.5 Å². The van der Waals surface area contributed by atoms with Gasteiger partial charge in [-0.2, -0.15) is 0 Å². The first-order valence-electron chi connectivity index (χ1n) is 18.0. The Kier molecular flexibility index (Phi) is 10.0. The van der Waals surface area contributed by atoms with Crippen LogP contribution in [0.1, 0.15) is 65.5 Å². The molecule has 4 aromatic carbocycles. The number of pyridine rings is 1. The summed E-state index contributed by atoms with van der Waals surface area (Å²) >= 11 is 0. The number of carbonyl (C=O) groups is 1. The third kappa shape index (κ3) is 7.40. The summed E-state index contributed by atoms with van der Waals surface area (Å²) in [7, 11) is 4.85. The van der Waals surface area contributed by atoms with E-state index in [0.29, 0.717) is 29.4 Å². The van der Waals surface area contributed by atoms with E-state index in [9.17, 15) is 4.79 Å². The number of para-hydroxylation sites is 1. The Bertz CT molecular complexity index is 2260. The Balaban J connectivity index is 1.26. The summed E-state index contributed by atoms with van der Waals surface area (Å²) in [5, 5.41) is 4.18. The second-order valence-corrected chi connectivity index (χ2v) is 14.7. The quantitative estimate of drug-likeness (QED) is 0.153. The van der Waals surface area contributed by atoms with Crippen molar-refractivity contribution in [2.75, 3.05) is 21.3 Å². The van der Waals surface area contributed by atoms with Crippen LogP contribution in [0.2, 0.25) is 0 Å². The van der Waals surface area contributed by atoms with Gasteiger partial charge in [-0.25, -0.2) is 9.97 Å². The molecule has 0 saturated carbocycles. The molecule has 270 valence electrons. The molecule has 1 aliphatic rings. The van der Waals surface area contributed by atoms with Crippen molar-refractivity contribution in [2.45, 2.75) is 46.7 Å². The van der Waals surface area contributed by atoms with Gasteiger partial charge in [0.15, 0.2) is 11.5 Å². The van der Waals surface area contributed by atoms with Crippen LogP contribution in [-0.4, -0.2) is 41.8 Å². The number of ether oxygens (including phenoxy) is 3. The monoisotopic (exact) mass is 706 g/mol. The molecule has 0 fully saturated rings. The summed E-state index contributed by atoms with van der Waals surface area (Å²) in [6, 6.07) is 28.7. The van der Waals surface area contributed by atoms with Gasteiger partial charge in [0.25, 0.3) is 5.91 Å². The lowest BCUT2D eigenvalue weighted by Gasteiger charge is -2.37. The number of methoxy groups -OCH3 is 3. The molecule has 0 spiro atoms. The smallest absolute Gasteiger partial charge is 0.252 e. The van der Waals surface area contributed by atoms with Gasteiger partial charge in [0.1, 0.15) is 0 Å². The van der Waals surface area contributed by atoms with Crippen molar-refractivity contribution in [3.05, 3.63) is 137 Å². The van der Waals surface area contributed by atoms with Gasteiger partial charge in [-0.1, -0.05) is 87.5 Å². The van der Waals surface area contributed by atoms with Crippen molar-refractivity contribution >= 4 is 28.5 Å². The molecule has 1 N–H and O–H groups in total. The van der Waals surface area contributed by atoms with Gasteiger partial charge < -0.3 is 24.1 Å². The topological polar surface area (TPSA) is 87.5 Å². The van der Waals surface area contributed by atoms with E-state index in [-0.39, 0.29) is 17.2 Å². The van der Waals surface area contributed by atoms with Crippen LogP contribution in [-0.2, 0) is 19.5 Å². The molecule has 0 bridgehead atoms. The van der Waals surface area contributed by atoms with E-state index in [1.807, 2.05) is 61.1 Å². The van der Waals surface area contributed by atoms with E-state index >= 15 is 0 Å². The normalized spacial score (nSPS) is 14.9. The summed E-state index contributed by atoms with van der Waals surface area (Å²) in [4.78, 5) is 24.0. The molecule has 6 aromatic rings. The largest absolute Gasteiger partial charge is 0.493 e. The molecule has 0 saturated heterocycles. The maximum absolute atomic E-state index is 14.6. The van der Waals surface area contributed by atoms with Crippen LogP contribution in [0.5, 0.6) is 17.2 Å². The van der Waals surface area contributed by atoms with E-state index in [1.165, 1.54) is 5.56 Å². The Morgan fingerprint density at radius 3 is 2.30 bits per heavy atom. The van der Waals surface area contributed by atoms with Gasteiger partial charge in [-0.15, -0.1) is 0 Å². The maximum atomic E-state index is 14.6. The maximum Gasteiger partial charge on any atom is 0.252 e. The second-order valence-electron chi connectivity index (χ2n) is 14.7. The zero-order valence-corrected chi connectivity index (χ0v) is 31.3. The number of allylic oxidation sites excluding steroid dienone is 1. The van der Waals surface area contributed by atoms with E-state index in [2.05, 4.69) is 78.1 Å². The minimum absolute atomic E-state index is 0.0152. The molecule has 8 nitrogen and oxygen atoms in total. The Hall–Kier alpha value is -5.89. The molecule has 0 radical (unpaired) electrons. The summed E-state index contributed by atoms with van der Waals surface area (Å²) in [6.07, 6.45) is 9.29. The number of nitrogens with one attached hydrogen (secondary N) is 1. The molecule has 7 rings (SSSR count).